The van der Waals surface area contributed by atoms with Gasteiger partial charge in [-0.15, -0.1) is 0 Å². The molecular formula is C14H18N2O4. The molecule has 0 aromatic heterocycles. The summed E-state index contributed by atoms with van der Waals surface area (Å²) in [5.41, 5.74) is 1.02. The van der Waals surface area contributed by atoms with Gasteiger partial charge >= 0.3 is 0 Å². The Balaban J connectivity index is 2.28. The number of aldehydes is 1. The number of benzene rings is 1. The van der Waals surface area contributed by atoms with Crippen molar-refractivity contribution in [2.45, 2.75) is 19.4 Å². The van der Waals surface area contributed by atoms with Gasteiger partial charge < -0.3 is 9.64 Å². The number of carbonyl (C=O) groups is 1. The Morgan fingerprint density at radius 2 is 2.25 bits per heavy atom. The Hall–Kier alpha value is -1.95. The van der Waals surface area contributed by atoms with Crippen molar-refractivity contribution in [3.63, 3.8) is 0 Å². The summed E-state index contributed by atoms with van der Waals surface area (Å²) in [5, 5.41) is 10.8. The number of anilines is 1. The van der Waals surface area contributed by atoms with Crippen LogP contribution in [0.2, 0.25) is 0 Å². The number of nitro groups is 1. The lowest BCUT2D eigenvalue weighted by Gasteiger charge is -2.38. The summed E-state index contributed by atoms with van der Waals surface area (Å²) in [6.07, 6.45) is 1.74. The molecule has 2 rings (SSSR count). The number of rotatable bonds is 4. The minimum Gasteiger partial charge on any atom is -0.379 e. The summed E-state index contributed by atoms with van der Waals surface area (Å²) in [6, 6.07) is 4.40. The zero-order chi connectivity index (χ0) is 14.7. The molecular weight excluding hydrogens is 260 g/mol. The van der Waals surface area contributed by atoms with Crippen molar-refractivity contribution in [3.8, 4) is 0 Å². The minimum atomic E-state index is -0.493. The quantitative estimate of drug-likeness (QED) is 0.480. The summed E-state index contributed by atoms with van der Waals surface area (Å²) in [7, 11) is 1.68. The molecule has 2 unspecified atom stereocenters. The predicted octanol–water partition coefficient (Wildman–Crippen LogP) is 2.27. The highest BCUT2D eigenvalue weighted by atomic mass is 16.6. The van der Waals surface area contributed by atoms with Gasteiger partial charge in [0, 0.05) is 43.6 Å². The molecule has 20 heavy (non-hydrogen) atoms. The molecule has 0 amide bonds. The number of non-ortho nitro benzene ring substituents is 1. The number of methoxy groups -OCH3 is 1. The van der Waals surface area contributed by atoms with E-state index in [0.717, 1.165) is 18.7 Å². The van der Waals surface area contributed by atoms with Crippen LogP contribution in [0.25, 0.3) is 0 Å². The number of piperidine rings is 1. The molecule has 6 nitrogen and oxygen atoms in total. The molecule has 1 aliphatic rings. The predicted molar refractivity (Wildman–Crippen MR) is 75.3 cm³/mol. The van der Waals surface area contributed by atoms with Crippen molar-refractivity contribution in [1.29, 1.82) is 0 Å². The van der Waals surface area contributed by atoms with E-state index < -0.39 is 4.92 Å². The van der Waals surface area contributed by atoms with Crippen LogP contribution in [0.3, 0.4) is 0 Å². The molecule has 1 saturated heterocycles. The molecule has 1 aliphatic heterocycles. The lowest BCUT2D eigenvalue weighted by atomic mass is 9.95. The fourth-order valence-electron chi connectivity index (χ4n) is 2.60. The molecule has 0 spiro atoms. The summed E-state index contributed by atoms with van der Waals surface area (Å²) < 4.78 is 5.45. The molecule has 0 N–H and O–H groups in total. The van der Waals surface area contributed by atoms with Gasteiger partial charge in [-0.2, -0.15) is 0 Å². The van der Waals surface area contributed by atoms with Gasteiger partial charge in [0.1, 0.15) is 0 Å². The standard InChI is InChI=1S/C14H18N2O4/c1-10-5-6-15(8-14(10)20-2)13-4-3-12(16(18)19)7-11(13)9-17/h3-4,7,9-10,14H,5-6,8H2,1-2H3. The normalized spacial score (nSPS) is 22.6. The van der Waals surface area contributed by atoms with E-state index in [1.807, 2.05) is 0 Å². The second-order valence-corrected chi connectivity index (χ2v) is 5.10. The van der Waals surface area contributed by atoms with Gasteiger partial charge in [0.05, 0.1) is 11.0 Å². The third-order valence-corrected chi connectivity index (χ3v) is 3.88. The van der Waals surface area contributed by atoms with Crippen LogP contribution < -0.4 is 4.90 Å². The molecule has 2 atom stereocenters. The SMILES string of the molecule is COC1CN(c2ccc([N+](=O)[O-])cc2C=O)CCC1C. The van der Waals surface area contributed by atoms with Crippen LogP contribution in [0.4, 0.5) is 11.4 Å². The zero-order valence-electron chi connectivity index (χ0n) is 11.6. The average Bonchev–Trinajstić information content (AvgIpc) is 2.47. The van der Waals surface area contributed by atoms with Gasteiger partial charge in [-0.05, 0) is 18.4 Å². The van der Waals surface area contributed by atoms with Crippen molar-refractivity contribution >= 4 is 17.7 Å². The lowest BCUT2D eigenvalue weighted by molar-refractivity contribution is -0.384. The van der Waals surface area contributed by atoms with Crippen LogP contribution in [-0.2, 0) is 4.74 Å². The van der Waals surface area contributed by atoms with Crippen LogP contribution in [0, 0.1) is 16.0 Å². The number of hydrogen-bond donors (Lipinski definition) is 0. The van der Waals surface area contributed by atoms with Crippen LogP contribution >= 0.6 is 0 Å². The van der Waals surface area contributed by atoms with Gasteiger partial charge in [0.15, 0.2) is 6.29 Å². The third kappa shape index (κ3) is 2.80. The fraction of sp³-hybridized carbons (Fsp3) is 0.500. The van der Waals surface area contributed by atoms with Crippen molar-refractivity contribution in [2.75, 3.05) is 25.1 Å². The number of nitrogens with zero attached hydrogens (tertiary/aromatic N) is 2. The second kappa shape index (κ2) is 6.00. The van der Waals surface area contributed by atoms with Crippen molar-refractivity contribution in [2.24, 2.45) is 5.92 Å². The van der Waals surface area contributed by atoms with E-state index in [2.05, 4.69) is 11.8 Å². The third-order valence-electron chi connectivity index (χ3n) is 3.88. The summed E-state index contributed by atoms with van der Waals surface area (Å²) in [5.74, 6) is 0.467. The van der Waals surface area contributed by atoms with Crippen LogP contribution in [0.15, 0.2) is 18.2 Å². The highest BCUT2D eigenvalue weighted by molar-refractivity contribution is 5.86. The van der Waals surface area contributed by atoms with Gasteiger partial charge in [-0.25, -0.2) is 0 Å². The summed E-state index contributed by atoms with van der Waals surface area (Å²) in [6.45, 7) is 3.65. The molecule has 0 bridgehead atoms. The maximum atomic E-state index is 11.2. The Labute approximate surface area is 117 Å². The number of ether oxygens (including phenoxy) is 1. The zero-order valence-corrected chi connectivity index (χ0v) is 11.6. The van der Waals surface area contributed by atoms with Crippen molar-refractivity contribution in [3.05, 3.63) is 33.9 Å². The second-order valence-electron chi connectivity index (χ2n) is 5.10. The van der Waals surface area contributed by atoms with E-state index in [1.165, 1.54) is 12.1 Å². The maximum absolute atomic E-state index is 11.2. The minimum absolute atomic E-state index is 0.0653. The largest absolute Gasteiger partial charge is 0.379 e. The van der Waals surface area contributed by atoms with Gasteiger partial charge in [0.25, 0.3) is 5.69 Å². The first kappa shape index (κ1) is 14.5. The topological polar surface area (TPSA) is 72.7 Å². The van der Waals surface area contributed by atoms with Gasteiger partial charge in [-0.1, -0.05) is 6.92 Å². The number of nitro benzene ring substituents is 1. The van der Waals surface area contributed by atoms with Gasteiger partial charge in [0.2, 0.25) is 0 Å². The first-order valence-electron chi connectivity index (χ1n) is 6.58. The van der Waals surface area contributed by atoms with E-state index in [9.17, 15) is 14.9 Å². The van der Waals surface area contributed by atoms with E-state index in [1.54, 1.807) is 13.2 Å². The molecule has 108 valence electrons. The van der Waals surface area contributed by atoms with Crippen LogP contribution in [-0.4, -0.2) is 37.5 Å². The molecule has 1 aromatic carbocycles. The van der Waals surface area contributed by atoms with Crippen molar-refractivity contribution in [1.82, 2.24) is 0 Å². The smallest absolute Gasteiger partial charge is 0.270 e. The van der Waals surface area contributed by atoms with Crippen LogP contribution in [0.5, 0.6) is 0 Å². The van der Waals surface area contributed by atoms with Gasteiger partial charge in [-0.3, -0.25) is 14.9 Å². The molecule has 1 heterocycles. The molecule has 1 fully saturated rings. The highest BCUT2D eigenvalue weighted by Gasteiger charge is 2.27. The fourth-order valence-corrected chi connectivity index (χ4v) is 2.60. The maximum Gasteiger partial charge on any atom is 0.270 e. The lowest BCUT2D eigenvalue weighted by Crippen LogP contribution is -2.44. The van der Waals surface area contributed by atoms with E-state index >= 15 is 0 Å². The molecule has 0 aliphatic carbocycles. The number of carbonyl (C=O) groups excluding carboxylic acids is 1. The Bertz CT molecular complexity index is 518. The van der Waals surface area contributed by atoms with E-state index in [-0.39, 0.29) is 11.8 Å². The summed E-state index contributed by atoms with van der Waals surface area (Å²) in [4.78, 5) is 23.5. The number of hydrogen-bond acceptors (Lipinski definition) is 5. The van der Waals surface area contributed by atoms with E-state index in [4.69, 9.17) is 4.74 Å². The van der Waals surface area contributed by atoms with Crippen molar-refractivity contribution < 1.29 is 14.5 Å². The Morgan fingerprint density at radius 3 is 2.85 bits per heavy atom. The first-order valence-corrected chi connectivity index (χ1v) is 6.58. The Morgan fingerprint density at radius 1 is 1.50 bits per heavy atom. The average molecular weight is 278 g/mol. The molecule has 6 heteroatoms. The van der Waals surface area contributed by atoms with E-state index in [0.29, 0.717) is 24.3 Å². The monoisotopic (exact) mass is 278 g/mol. The Kier molecular flexibility index (Phi) is 4.34. The highest BCUT2D eigenvalue weighted by Crippen LogP contribution is 2.29. The molecule has 0 radical (unpaired) electrons. The molecule has 0 saturated carbocycles. The summed E-state index contributed by atoms with van der Waals surface area (Å²) >= 11 is 0. The molecule has 1 aromatic rings. The van der Waals surface area contributed by atoms with Crippen LogP contribution in [0.1, 0.15) is 23.7 Å². The first-order chi connectivity index (χ1) is 9.56.